The largest absolute Gasteiger partial charge is 0.329 e. The van der Waals surface area contributed by atoms with Crippen LogP contribution in [0.25, 0.3) is 0 Å². The minimum Gasteiger partial charge on any atom is -0.329 e. The molecule has 1 aromatic heterocycles. The molecule has 0 aliphatic carbocycles. The summed E-state index contributed by atoms with van der Waals surface area (Å²) in [5.74, 6) is 0.725. The van der Waals surface area contributed by atoms with Crippen molar-refractivity contribution in [3.05, 3.63) is 18.2 Å². The van der Waals surface area contributed by atoms with Crippen LogP contribution in [-0.2, 0) is 6.54 Å². The van der Waals surface area contributed by atoms with Gasteiger partial charge in [-0.05, 0) is 40.5 Å². The molecule has 0 N–H and O–H groups in total. The lowest BCUT2D eigenvalue weighted by molar-refractivity contribution is 0.0824. The fraction of sp³-hybridized carbons (Fsp3) is 0.692. The van der Waals surface area contributed by atoms with E-state index < -0.39 is 0 Å². The second kappa shape index (κ2) is 5.63. The molecule has 1 aliphatic rings. The molecule has 5 heteroatoms. The molecule has 18 heavy (non-hydrogen) atoms. The van der Waals surface area contributed by atoms with Crippen molar-refractivity contribution in [2.45, 2.75) is 25.9 Å². The predicted octanol–water partition coefficient (Wildman–Crippen LogP) is 0.722. The van der Waals surface area contributed by atoms with Crippen molar-refractivity contribution in [2.75, 3.05) is 33.7 Å². The first-order valence-electron chi connectivity index (χ1n) is 6.57. The number of likely N-dealkylation sites (N-methyl/N-ethyl adjacent to an activating group) is 2. The van der Waals surface area contributed by atoms with E-state index in [-0.39, 0.29) is 11.8 Å². The fourth-order valence-corrected chi connectivity index (χ4v) is 2.49. The minimum atomic E-state index is -0.0785. The Morgan fingerprint density at radius 1 is 1.44 bits per heavy atom. The molecule has 0 bridgehead atoms. The molecule has 0 saturated carbocycles. The van der Waals surface area contributed by atoms with Crippen molar-refractivity contribution in [1.29, 1.82) is 0 Å². The number of carbonyl (C=O) groups excluding carboxylic acids is 1. The van der Waals surface area contributed by atoms with Crippen LogP contribution in [0.2, 0.25) is 0 Å². The topological polar surface area (TPSA) is 41.4 Å². The molecule has 1 aromatic rings. The van der Waals surface area contributed by atoms with Crippen LogP contribution in [0.1, 0.15) is 24.0 Å². The molecule has 5 nitrogen and oxygen atoms in total. The molecule has 1 unspecified atom stereocenters. The molecule has 1 saturated heterocycles. The van der Waals surface area contributed by atoms with Gasteiger partial charge in [0.2, 0.25) is 5.78 Å². The molecule has 0 radical (unpaired) electrons. The van der Waals surface area contributed by atoms with E-state index in [4.69, 9.17) is 0 Å². The lowest BCUT2D eigenvalue weighted by Crippen LogP contribution is -2.44. The summed E-state index contributed by atoms with van der Waals surface area (Å²) in [7, 11) is 4.10. The van der Waals surface area contributed by atoms with Gasteiger partial charge in [0.25, 0.3) is 0 Å². The Morgan fingerprint density at radius 2 is 2.22 bits per heavy atom. The van der Waals surface area contributed by atoms with Gasteiger partial charge in [0, 0.05) is 25.5 Å². The van der Waals surface area contributed by atoms with Gasteiger partial charge in [0.05, 0.1) is 6.04 Å². The van der Waals surface area contributed by atoms with Crippen LogP contribution < -0.4 is 0 Å². The molecular formula is C13H22N4O. The molecule has 0 spiro atoms. The number of ketones is 1. The summed E-state index contributed by atoms with van der Waals surface area (Å²) in [5, 5.41) is 0. The van der Waals surface area contributed by atoms with Crippen LogP contribution in [0.15, 0.2) is 12.4 Å². The van der Waals surface area contributed by atoms with Gasteiger partial charge in [-0.3, -0.25) is 9.69 Å². The Bertz CT molecular complexity index is 415. The van der Waals surface area contributed by atoms with E-state index >= 15 is 0 Å². The molecule has 0 amide bonds. The number of hydrogen-bond acceptors (Lipinski definition) is 4. The molecule has 100 valence electrons. The molecule has 1 aliphatic heterocycles. The van der Waals surface area contributed by atoms with Crippen molar-refractivity contribution in [2.24, 2.45) is 0 Å². The number of rotatable bonds is 3. The predicted molar refractivity (Wildman–Crippen MR) is 70.8 cm³/mol. The van der Waals surface area contributed by atoms with Crippen molar-refractivity contribution < 1.29 is 4.79 Å². The van der Waals surface area contributed by atoms with Crippen LogP contribution in [-0.4, -0.2) is 64.9 Å². The van der Waals surface area contributed by atoms with Gasteiger partial charge in [-0.15, -0.1) is 0 Å². The SMILES string of the molecule is CCn1ccnc1C(=O)C1CN(C)CCCN1C. The van der Waals surface area contributed by atoms with Gasteiger partial charge in [0.1, 0.15) is 0 Å². The smallest absolute Gasteiger partial charge is 0.216 e. The lowest BCUT2D eigenvalue weighted by Gasteiger charge is -2.25. The summed E-state index contributed by atoms with van der Waals surface area (Å²) >= 11 is 0. The normalized spacial score (nSPS) is 22.9. The third-order valence-corrected chi connectivity index (χ3v) is 3.65. The summed E-state index contributed by atoms with van der Waals surface area (Å²) < 4.78 is 1.92. The summed E-state index contributed by atoms with van der Waals surface area (Å²) in [5.41, 5.74) is 0. The van der Waals surface area contributed by atoms with Gasteiger partial charge in [-0.2, -0.15) is 0 Å². The summed E-state index contributed by atoms with van der Waals surface area (Å²) in [4.78, 5) is 21.2. The third kappa shape index (κ3) is 2.62. The maximum absolute atomic E-state index is 12.6. The first kappa shape index (κ1) is 13.2. The number of imidazole rings is 1. The molecule has 0 aromatic carbocycles. The third-order valence-electron chi connectivity index (χ3n) is 3.65. The Kier molecular flexibility index (Phi) is 4.14. The number of aryl methyl sites for hydroxylation is 1. The zero-order valence-corrected chi connectivity index (χ0v) is 11.5. The van der Waals surface area contributed by atoms with Crippen LogP contribution in [0.4, 0.5) is 0 Å². The van der Waals surface area contributed by atoms with E-state index in [1.54, 1.807) is 6.20 Å². The minimum absolute atomic E-state index is 0.0785. The van der Waals surface area contributed by atoms with Crippen LogP contribution in [0, 0.1) is 0 Å². The Morgan fingerprint density at radius 3 is 2.94 bits per heavy atom. The fourth-order valence-electron chi connectivity index (χ4n) is 2.49. The standard InChI is InChI=1S/C13H22N4O/c1-4-17-9-6-14-13(17)12(18)11-10-15(2)7-5-8-16(11)3/h6,9,11H,4-5,7-8,10H2,1-3H3. The lowest BCUT2D eigenvalue weighted by atomic mass is 10.1. The molecule has 2 rings (SSSR count). The van der Waals surface area contributed by atoms with Crippen molar-refractivity contribution >= 4 is 5.78 Å². The Balaban J connectivity index is 2.20. The number of aromatic nitrogens is 2. The Labute approximate surface area is 108 Å². The number of hydrogen-bond donors (Lipinski definition) is 0. The van der Waals surface area contributed by atoms with Crippen LogP contribution >= 0.6 is 0 Å². The van der Waals surface area contributed by atoms with Gasteiger partial charge < -0.3 is 9.47 Å². The highest BCUT2D eigenvalue weighted by Crippen LogP contribution is 2.12. The summed E-state index contributed by atoms with van der Waals surface area (Å²) in [6.07, 6.45) is 4.68. The highest BCUT2D eigenvalue weighted by molar-refractivity contribution is 5.97. The highest BCUT2D eigenvalue weighted by Gasteiger charge is 2.29. The van der Waals surface area contributed by atoms with E-state index in [1.165, 1.54) is 0 Å². The van der Waals surface area contributed by atoms with Crippen LogP contribution in [0.3, 0.4) is 0 Å². The highest BCUT2D eigenvalue weighted by atomic mass is 16.1. The average molecular weight is 250 g/mol. The van der Waals surface area contributed by atoms with E-state index in [2.05, 4.69) is 21.8 Å². The number of nitrogens with zero attached hydrogens (tertiary/aromatic N) is 4. The average Bonchev–Trinajstić information content (AvgIpc) is 2.76. The van der Waals surface area contributed by atoms with E-state index in [0.29, 0.717) is 5.82 Å². The molecule has 1 fully saturated rings. The molecule has 1 atom stereocenters. The number of Topliss-reactive ketones (excluding diaryl/α,β-unsaturated/α-hetero) is 1. The van der Waals surface area contributed by atoms with Gasteiger partial charge in [-0.25, -0.2) is 4.98 Å². The number of carbonyl (C=O) groups is 1. The van der Waals surface area contributed by atoms with E-state index in [0.717, 1.165) is 32.6 Å². The quantitative estimate of drug-likeness (QED) is 0.741. The maximum Gasteiger partial charge on any atom is 0.216 e. The maximum atomic E-state index is 12.6. The monoisotopic (exact) mass is 250 g/mol. The second-order valence-electron chi connectivity index (χ2n) is 5.01. The zero-order valence-electron chi connectivity index (χ0n) is 11.5. The summed E-state index contributed by atoms with van der Waals surface area (Å²) in [6.45, 7) is 5.62. The molecule has 2 heterocycles. The second-order valence-corrected chi connectivity index (χ2v) is 5.01. The van der Waals surface area contributed by atoms with Gasteiger partial charge >= 0.3 is 0 Å². The van der Waals surface area contributed by atoms with E-state index in [1.807, 2.05) is 24.7 Å². The van der Waals surface area contributed by atoms with Crippen LogP contribution in [0.5, 0.6) is 0 Å². The van der Waals surface area contributed by atoms with Gasteiger partial charge in [0.15, 0.2) is 5.82 Å². The summed E-state index contributed by atoms with van der Waals surface area (Å²) in [6, 6.07) is -0.0785. The zero-order chi connectivity index (χ0) is 13.1. The molecular weight excluding hydrogens is 228 g/mol. The first-order chi connectivity index (χ1) is 8.63. The Hall–Kier alpha value is -1.20. The van der Waals surface area contributed by atoms with Crippen molar-refractivity contribution in [1.82, 2.24) is 19.4 Å². The van der Waals surface area contributed by atoms with Crippen molar-refractivity contribution in [3.8, 4) is 0 Å². The first-order valence-corrected chi connectivity index (χ1v) is 6.57. The van der Waals surface area contributed by atoms with Crippen molar-refractivity contribution in [3.63, 3.8) is 0 Å². The van der Waals surface area contributed by atoms with Gasteiger partial charge in [-0.1, -0.05) is 0 Å². The van der Waals surface area contributed by atoms with E-state index in [9.17, 15) is 4.79 Å².